The molecule has 0 bridgehead atoms. The molecule has 2 N–H and O–H groups in total. The second-order valence-electron chi connectivity index (χ2n) is 5.36. The maximum absolute atomic E-state index is 3.57. The summed E-state index contributed by atoms with van der Waals surface area (Å²) in [5.41, 5.74) is 2.70. The minimum atomic E-state index is 0.647. The van der Waals surface area contributed by atoms with Crippen LogP contribution in [-0.2, 0) is 6.54 Å². The van der Waals surface area contributed by atoms with E-state index in [2.05, 4.69) is 53.8 Å². The van der Waals surface area contributed by atoms with Crippen molar-refractivity contribution in [1.82, 2.24) is 15.5 Å². The van der Waals surface area contributed by atoms with Gasteiger partial charge in [-0.25, -0.2) is 0 Å². The molecule has 3 heteroatoms. The molecule has 1 aromatic rings. The van der Waals surface area contributed by atoms with Crippen LogP contribution in [0.4, 0.5) is 0 Å². The highest BCUT2D eigenvalue weighted by molar-refractivity contribution is 5.20. The number of hydrogen-bond acceptors (Lipinski definition) is 3. The first-order valence-electron chi connectivity index (χ1n) is 6.92. The predicted octanol–water partition coefficient (Wildman–Crippen LogP) is 1.38. The molecule has 100 valence electrons. The van der Waals surface area contributed by atoms with Crippen molar-refractivity contribution in [2.75, 3.05) is 33.2 Å². The molecular weight excluding hydrogens is 222 g/mol. The minimum absolute atomic E-state index is 0.647. The van der Waals surface area contributed by atoms with E-state index in [9.17, 15) is 0 Å². The van der Waals surface area contributed by atoms with Crippen LogP contribution >= 0.6 is 0 Å². The van der Waals surface area contributed by atoms with Gasteiger partial charge in [-0.3, -0.25) is 0 Å². The van der Waals surface area contributed by atoms with E-state index in [1.807, 2.05) is 0 Å². The van der Waals surface area contributed by atoms with Gasteiger partial charge in [-0.05, 0) is 32.5 Å². The Kier molecular flexibility index (Phi) is 5.17. The topological polar surface area (TPSA) is 27.3 Å². The van der Waals surface area contributed by atoms with Gasteiger partial charge in [0.1, 0.15) is 0 Å². The lowest BCUT2D eigenvalue weighted by Crippen LogP contribution is -2.49. The normalized spacial score (nSPS) is 21.1. The summed E-state index contributed by atoms with van der Waals surface area (Å²) in [6, 6.07) is 9.40. The Labute approximate surface area is 111 Å². The van der Waals surface area contributed by atoms with E-state index in [4.69, 9.17) is 0 Å². The fourth-order valence-electron chi connectivity index (χ4n) is 2.40. The summed E-state index contributed by atoms with van der Waals surface area (Å²) in [4.78, 5) is 2.40. The number of aryl methyl sites for hydroxylation is 1. The average Bonchev–Trinajstić information content (AvgIpc) is 2.37. The molecule has 2 rings (SSSR count). The van der Waals surface area contributed by atoms with Crippen LogP contribution in [0.2, 0.25) is 0 Å². The molecule has 1 saturated heterocycles. The first-order chi connectivity index (χ1) is 8.74. The monoisotopic (exact) mass is 247 g/mol. The molecule has 0 radical (unpaired) electrons. The summed E-state index contributed by atoms with van der Waals surface area (Å²) in [6.45, 7) is 7.66. The second kappa shape index (κ2) is 6.88. The van der Waals surface area contributed by atoms with Crippen molar-refractivity contribution < 1.29 is 0 Å². The number of likely N-dealkylation sites (N-methyl/N-ethyl adjacent to an activating group) is 1. The number of nitrogens with zero attached hydrogens (tertiary/aromatic N) is 1. The van der Waals surface area contributed by atoms with Crippen LogP contribution in [0.25, 0.3) is 0 Å². The molecule has 1 atom stereocenters. The molecule has 0 amide bonds. The Morgan fingerprint density at radius 3 is 2.83 bits per heavy atom. The van der Waals surface area contributed by atoms with Crippen molar-refractivity contribution in [3.63, 3.8) is 0 Å². The lowest BCUT2D eigenvalue weighted by Gasteiger charge is -2.30. The zero-order valence-corrected chi connectivity index (χ0v) is 11.6. The maximum atomic E-state index is 3.57. The number of nitrogens with one attached hydrogen (secondary N) is 2. The summed E-state index contributed by atoms with van der Waals surface area (Å²) < 4.78 is 0. The van der Waals surface area contributed by atoms with E-state index in [-0.39, 0.29) is 0 Å². The van der Waals surface area contributed by atoms with Crippen molar-refractivity contribution in [3.05, 3.63) is 35.4 Å². The van der Waals surface area contributed by atoms with Gasteiger partial charge in [0.05, 0.1) is 0 Å². The second-order valence-corrected chi connectivity index (χ2v) is 5.36. The smallest absolute Gasteiger partial charge is 0.0207 e. The molecule has 1 aromatic carbocycles. The number of hydrogen-bond donors (Lipinski definition) is 2. The van der Waals surface area contributed by atoms with Crippen LogP contribution in [0, 0.1) is 6.92 Å². The molecule has 0 aromatic heterocycles. The first kappa shape index (κ1) is 13.5. The standard InChI is InChI=1S/C15H25N3/c1-13-3-5-14(6-4-13)11-16-8-7-15-12-18(2)10-9-17-15/h3-6,15-17H,7-12H2,1-2H3. The van der Waals surface area contributed by atoms with Gasteiger partial charge in [0.15, 0.2) is 0 Å². The molecule has 1 unspecified atom stereocenters. The third kappa shape index (κ3) is 4.41. The summed E-state index contributed by atoms with van der Waals surface area (Å²) in [5.74, 6) is 0. The van der Waals surface area contributed by atoms with Gasteiger partial charge in [-0.15, -0.1) is 0 Å². The molecule has 0 spiro atoms. The van der Waals surface area contributed by atoms with Gasteiger partial charge >= 0.3 is 0 Å². The van der Waals surface area contributed by atoms with Crippen molar-refractivity contribution in [3.8, 4) is 0 Å². The van der Waals surface area contributed by atoms with Crippen molar-refractivity contribution >= 4 is 0 Å². The highest BCUT2D eigenvalue weighted by Crippen LogP contribution is 2.03. The Morgan fingerprint density at radius 2 is 2.11 bits per heavy atom. The van der Waals surface area contributed by atoms with Gasteiger partial charge in [0.25, 0.3) is 0 Å². The Hall–Kier alpha value is -0.900. The van der Waals surface area contributed by atoms with Crippen LogP contribution in [-0.4, -0.2) is 44.2 Å². The van der Waals surface area contributed by atoms with Gasteiger partial charge in [-0.1, -0.05) is 29.8 Å². The molecule has 3 nitrogen and oxygen atoms in total. The van der Waals surface area contributed by atoms with E-state index in [1.165, 1.54) is 30.6 Å². The zero-order valence-electron chi connectivity index (χ0n) is 11.6. The Balaban J connectivity index is 1.62. The van der Waals surface area contributed by atoms with E-state index in [0.29, 0.717) is 6.04 Å². The average molecular weight is 247 g/mol. The van der Waals surface area contributed by atoms with Crippen molar-refractivity contribution in [1.29, 1.82) is 0 Å². The Morgan fingerprint density at radius 1 is 1.33 bits per heavy atom. The number of benzene rings is 1. The molecule has 18 heavy (non-hydrogen) atoms. The van der Waals surface area contributed by atoms with Gasteiger partial charge in [0.2, 0.25) is 0 Å². The molecule has 1 aliphatic rings. The highest BCUT2D eigenvalue weighted by Gasteiger charge is 2.15. The fourth-order valence-corrected chi connectivity index (χ4v) is 2.40. The molecule has 1 fully saturated rings. The van der Waals surface area contributed by atoms with E-state index < -0.39 is 0 Å². The van der Waals surface area contributed by atoms with Gasteiger partial charge in [-0.2, -0.15) is 0 Å². The first-order valence-corrected chi connectivity index (χ1v) is 6.92. The van der Waals surface area contributed by atoms with Crippen LogP contribution in [0.15, 0.2) is 24.3 Å². The van der Waals surface area contributed by atoms with Crippen LogP contribution in [0.3, 0.4) is 0 Å². The van der Waals surface area contributed by atoms with Gasteiger partial charge in [0, 0.05) is 32.2 Å². The summed E-state index contributed by atoms with van der Waals surface area (Å²) >= 11 is 0. The van der Waals surface area contributed by atoms with Crippen LogP contribution in [0.5, 0.6) is 0 Å². The quantitative estimate of drug-likeness (QED) is 0.770. The molecular formula is C15H25N3. The molecule has 0 saturated carbocycles. The Bertz CT molecular complexity index is 347. The lowest BCUT2D eigenvalue weighted by atomic mass is 10.1. The van der Waals surface area contributed by atoms with Crippen LogP contribution < -0.4 is 10.6 Å². The third-order valence-electron chi connectivity index (χ3n) is 3.58. The van der Waals surface area contributed by atoms with E-state index in [1.54, 1.807) is 0 Å². The SMILES string of the molecule is Cc1ccc(CNCCC2CN(C)CCN2)cc1. The van der Waals surface area contributed by atoms with Gasteiger partial charge < -0.3 is 15.5 Å². The number of piperazine rings is 1. The van der Waals surface area contributed by atoms with Crippen LogP contribution in [0.1, 0.15) is 17.5 Å². The zero-order chi connectivity index (χ0) is 12.8. The van der Waals surface area contributed by atoms with E-state index in [0.717, 1.165) is 19.6 Å². The summed E-state index contributed by atoms with van der Waals surface area (Å²) in [6.07, 6.45) is 1.20. The fraction of sp³-hybridized carbons (Fsp3) is 0.600. The maximum Gasteiger partial charge on any atom is 0.0207 e. The largest absolute Gasteiger partial charge is 0.313 e. The summed E-state index contributed by atoms with van der Waals surface area (Å²) in [7, 11) is 2.20. The highest BCUT2D eigenvalue weighted by atomic mass is 15.2. The molecule has 1 aliphatic heterocycles. The minimum Gasteiger partial charge on any atom is -0.313 e. The summed E-state index contributed by atoms with van der Waals surface area (Å²) in [5, 5.41) is 7.10. The van der Waals surface area contributed by atoms with E-state index >= 15 is 0 Å². The lowest BCUT2D eigenvalue weighted by molar-refractivity contribution is 0.231. The van der Waals surface area contributed by atoms with Crippen molar-refractivity contribution in [2.24, 2.45) is 0 Å². The molecule has 1 heterocycles. The third-order valence-corrected chi connectivity index (χ3v) is 3.58. The number of rotatable bonds is 5. The van der Waals surface area contributed by atoms with Crippen molar-refractivity contribution in [2.45, 2.75) is 25.9 Å². The predicted molar refractivity (Wildman–Crippen MR) is 76.8 cm³/mol. The molecule has 0 aliphatic carbocycles.